The van der Waals surface area contributed by atoms with Crippen molar-refractivity contribution in [1.82, 2.24) is 14.9 Å². The summed E-state index contributed by atoms with van der Waals surface area (Å²) in [5.74, 6) is 0.742. The number of para-hydroxylation sites is 2. The smallest absolute Gasteiger partial charge is 0.225 e. The first-order valence-corrected chi connectivity index (χ1v) is 5.62. The van der Waals surface area contributed by atoms with Gasteiger partial charge in [-0.15, -0.1) is 0 Å². The second-order valence-corrected chi connectivity index (χ2v) is 4.33. The lowest BCUT2D eigenvalue weighted by molar-refractivity contribution is -0.128. The lowest BCUT2D eigenvalue weighted by Gasteiger charge is -2.13. The lowest BCUT2D eigenvalue weighted by Crippen LogP contribution is -2.25. The van der Waals surface area contributed by atoms with E-state index in [0.29, 0.717) is 13.1 Å². The zero-order valence-electron chi connectivity index (χ0n) is 9.26. The van der Waals surface area contributed by atoms with Crippen molar-refractivity contribution in [3.8, 4) is 0 Å². The number of aliphatic hydroxyl groups is 1. The fourth-order valence-electron chi connectivity index (χ4n) is 2.17. The van der Waals surface area contributed by atoms with Crippen molar-refractivity contribution >= 4 is 16.9 Å². The molecule has 0 bridgehead atoms. The zero-order valence-corrected chi connectivity index (χ0v) is 9.26. The largest absolute Gasteiger partial charge is 0.391 e. The molecular weight excluding hydrogens is 218 g/mol. The number of amides is 1. The molecule has 88 valence electrons. The summed E-state index contributed by atoms with van der Waals surface area (Å²) in [6.07, 6.45) is -0.313. The van der Waals surface area contributed by atoms with E-state index in [1.807, 2.05) is 24.3 Å². The van der Waals surface area contributed by atoms with Crippen LogP contribution in [-0.2, 0) is 11.3 Å². The number of likely N-dealkylation sites (tertiary alicyclic amines) is 1. The van der Waals surface area contributed by atoms with Gasteiger partial charge in [0, 0.05) is 6.54 Å². The van der Waals surface area contributed by atoms with Gasteiger partial charge in [0.05, 0.1) is 30.1 Å². The molecule has 0 aliphatic carbocycles. The van der Waals surface area contributed by atoms with Gasteiger partial charge in [-0.05, 0) is 12.1 Å². The number of carbonyl (C=O) groups excluding carboxylic acids is 1. The molecule has 1 unspecified atom stereocenters. The highest BCUT2D eigenvalue weighted by Gasteiger charge is 2.28. The van der Waals surface area contributed by atoms with Crippen LogP contribution in [0.4, 0.5) is 0 Å². The number of imidazole rings is 1. The predicted molar refractivity (Wildman–Crippen MR) is 62.1 cm³/mol. The maximum absolute atomic E-state index is 11.5. The fraction of sp³-hybridized carbons (Fsp3) is 0.333. The van der Waals surface area contributed by atoms with Crippen molar-refractivity contribution < 1.29 is 9.90 Å². The van der Waals surface area contributed by atoms with E-state index in [4.69, 9.17) is 0 Å². The van der Waals surface area contributed by atoms with Gasteiger partial charge in [-0.25, -0.2) is 4.98 Å². The maximum Gasteiger partial charge on any atom is 0.225 e. The van der Waals surface area contributed by atoms with Crippen LogP contribution in [0.3, 0.4) is 0 Å². The van der Waals surface area contributed by atoms with Crippen LogP contribution in [0.1, 0.15) is 12.2 Å². The minimum atomic E-state index is -0.535. The van der Waals surface area contributed by atoms with Gasteiger partial charge in [-0.1, -0.05) is 12.1 Å². The van der Waals surface area contributed by atoms with Gasteiger partial charge in [0.1, 0.15) is 5.82 Å². The Morgan fingerprint density at radius 3 is 3.00 bits per heavy atom. The van der Waals surface area contributed by atoms with Crippen molar-refractivity contribution in [3.05, 3.63) is 30.1 Å². The number of aromatic nitrogens is 2. The Labute approximate surface area is 98.1 Å². The first-order valence-electron chi connectivity index (χ1n) is 5.62. The van der Waals surface area contributed by atoms with E-state index in [1.54, 1.807) is 4.90 Å². The van der Waals surface area contributed by atoms with Crippen LogP contribution in [0.15, 0.2) is 24.3 Å². The van der Waals surface area contributed by atoms with Crippen LogP contribution in [0.25, 0.3) is 11.0 Å². The minimum absolute atomic E-state index is 0.0158. The number of H-pyrrole nitrogens is 1. The van der Waals surface area contributed by atoms with Gasteiger partial charge < -0.3 is 15.0 Å². The Hall–Kier alpha value is -1.88. The summed E-state index contributed by atoms with van der Waals surface area (Å²) in [4.78, 5) is 20.7. The molecule has 1 aliphatic heterocycles. The highest BCUT2D eigenvalue weighted by atomic mass is 16.3. The second kappa shape index (κ2) is 3.85. The molecule has 2 aromatic rings. The van der Waals surface area contributed by atoms with Gasteiger partial charge in [0.15, 0.2) is 0 Å². The Kier molecular flexibility index (Phi) is 2.33. The van der Waals surface area contributed by atoms with Crippen molar-refractivity contribution in [3.63, 3.8) is 0 Å². The molecule has 2 heterocycles. The standard InChI is InChI=1S/C12H13N3O2/c16-8-5-12(17)15(6-8)7-11-13-9-3-1-2-4-10(9)14-11/h1-4,8,16H,5-7H2,(H,13,14). The molecule has 1 fully saturated rings. The molecule has 1 saturated heterocycles. The number of aliphatic hydroxyl groups excluding tert-OH is 1. The number of nitrogens with zero attached hydrogens (tertiary/aromatic N) is 2. The quantitative estimate of drug-likeness (QED) is 0.797. The molecule has 1 amide bonds. The van der Waals surface area contributed by atoms with E-state index in [9.17, 15) is 9.90 Å². The second-order valence-electron chi connectivity index (χ2n) is 4.33. The van der Waals surface area contributed by atoms with E-state index in [0.717, 1.165) is 16.9 Å². The van der Waals surface area contributed by atoms with E-state index in [2.05, 4.69) is 9.97 Å². The third-order valence-electron chi connectivity index (χ3n) is 2.97. The van der Waals surface area contributed by atoms with Gasteiger partial charge in [0.2, 0.25) is 5.91 Å². The Morgan fingerprint density at radius 1 is 1.47 bits per heavy atom. The molecule has 0 radical (unpaired) electrons. The Balaban J connectivity index is 1.83. The number of aromatic amines is 1. The summed E-state index contributed by atoms with van der Waals surface area (Å²) >= 11 is 0. The number of nitrogens with one attached hydrogen (secondary N) is 1. The summed E-state index contributed by atoms with van der Waals surface area (Å²) in [5.41, 5.74) is 1.87. The zero-order chi connectivity index (χ0) is 11.8. The van der Waals surface area contributed by atoms with E-state index in [-0.39, 0.29) is 12.3 Å². The van der Waals surface area contributed by atoms with Crippen LogP contribution in [-0.4, -0.2) is 38.5 Å². The van der Waals surface area contributed by atoms with E-state index < -0.39 is 6.10 Å². The molecule has 1 atom stereocenters. The van der Waals surface area contributed by atoms with Crippen LogP contribution < -0.4 is 0 Å². The SMILES string of the molecule is O=C1CC(O)CN1Cc1nc2ccccc2[nH]1. The Morgan fingerprint density at radius 2 is 2.29 bits per heavy atom. The molecule has 1 aromatic carbocycles. The molecule has 1 aliphatic rings. The molecule has 5 heteroatoms. The Bertz CT molecular complexity index is 531. The molecule has 17 heavy (non-hydrogen) atoms. The first kappa shape index (κ1) is 10.3. The maximum atomic E-state index is 11.5. The van der Waals surface area contributed by atoms with Crippen LogP contribution >= 0.6 is 0 Å². The molecule has 0 spiro atoms. The number of hydrogen-bond donors (Lipinski definition) is 2. The molecule has 1 aromatic heterocycles. The molecule has 5 nitrogen and oxygen atoms in total. The average Bonchev–Trinajstić information content (AvgIpc) is 2.82. The van der Waals surface area contributed by atoms with Gasteiger partial charge in [0.25, 0.3) is 0 Å². The summed E-state index contributed by atoms with van der Waals surface area (Å²) in [6, 6.07) is 7.75. The number of benzene rings is 1. The lowest BCUT2D eigenvalue weighted by atomic mass is 10.3. The van der Waals surface area contributed by atoms with Crippen LogP contribution in [0.2, 0.25) is 0 Å². The average molecular weight is 231 g/mol. The van der Waals surface area contributed by atoms with E-state index >= 15 is 0 Å². The number of carbonyl (C=O) groups is 1. The topological polar surface area (TPSA) is 69.2 Å². The highest BCUT2D eigenvalue weighted by molar-refractivity contribution is 5.79. The molecule has 0 saturated carbocycles. The number of rotatable bonds is 2. The fourth-order valence-corrected chi connectivity index (χ4v) is 2.17. The van der Waals surface area contributed by atoms with E-state index in [1.165, 1.54) is 0 Å². The normalized spacial score (nSPS) is 20.4. The van der Waals surface area contributed by atoms with Gasteiger partial charge in [-0.3, -0.25) is 4.79 Å². The number of β-amino-alcohol motifs (C(OH)–C–C–N with tert-alkyl or cyclic N) is 1. The summed E-state index contributed by atoms with van der Waals surface area (Å²) in [5, 5.41) is 9.39. The third kappa shape index (κ3) is 1.89. The van der Waals surface area contributed by atoms with Crippen molar-refractivity contribution in [2.75, 3.05) is 6.54 Å². The summed E-state index contributed by atoms with van der Waals surface area (Å²) < 4.78 is 0. The van der Waals surface area contributed by atoms with Crippen LogP contribution in [0, 0.1) is 0 Å². The molecule has 3 rings (SSSR count). The highest BCUT2D eigenvalue weighted by Crippen LogP contribution is 2.16. The molecular formula is C12H13N3O2. The van der Waals surface area contributed by atoms with Crippen molar-refractivity contribution in [2.24, 2.45) is 0 Å². The monoisotopic (exact) mass is 231 g/mol. The summed E-state index contributed by atoms with van der Waals surface area (Å²) in [7, 11) is 0. The summed E-state index contributed by atoms with van der Waals surface area (Å²) in [6.45, 7) is 0.834. The third-order valence-corrected chi connectivity index (χ3v) is 2.97. The predicted octanol–water partition coefficient (Wildman–Crippen LogP) is 0.656. The molecule has 2 N–H and O–H groups in total. The van der Waals surface area contributed by atoms with Gasteiger partial charge >= 0.3 is 0 Å². The van der Waals surface area contributed by atoms with Crippen LogP contribution in [0.5, 0.6) is 0 Å². The van der Waals surface area contributed by atoms with Gasteiger partial charge in [-0.2, -0.15) is 0 Å². The number of hydrogen-bond acceptors (Lipinski definition) is 3. The van der Waals surface area contributed by atoms with Crippen molar-refractivity contribution in [2.45, 2.75) is 19.1 Å². The van der Waals surface area contributed by atoms with Crippen molar-refractivity contribution in [1.29, 1.82) is 0 Å². The first-order chi connectivity index (χ1) is 8.22. The minimum Gasteiger partial charge on any atom is -0.391 e. The number of fused-ring (bicyclic) bond motifs is 1.